The fourth-order valence-electron chi connectivity index (χ4n) is 1.58. The van der Waals surface area contributed by atoms with Crippen LogP contribution in [0.4, 0.5) is 0 Å². The predicted octanol–water partition coefficient (Wildman–Crippen LogP) is 1.55. The molecule has 0 aliphatic carbocycles. The van der Waals surface area contributed by atoms with E-state index in [1.54, 1.807) is 17.0 Å². The van der Waals surface area contributed by atoms with E-state index < -0.39 is 0 Å². The van der Waals surface area contributed by atoms with Crippen LogP contribution in [0.5, 0.6) is 0 Å². The molecule has 1 amide bonds. The van der Waals surface area contributed by atoms with E-state index in [1.165, 1.54) is 11.3 Å². The van der Waals surface area contributed by atoms with Crippen molar-refractivity contribution in [2.24, 2.45) is 0 Å². The molecule has 0 saturated carbocycles. The van der Waals surface area contributed by atoms with Gasteiger partial charge in [0.25, 0.3) is 11.7 Å². The summed E-state index contributed by atoms with van der Waals surface area (Å²) in [6.07, 6.45) is 2.03. The lowest BCUT2D eigenvalue weighted by molar-refractivity contribution is -0.125. The van der Waals surface area contributed by atoms with E-state index >= 15 is 0 Å². The summed E-state index contributed by atoms with van der Waals surface area (Å²) in [5.41, 5.74) is 0. The average Bonchev–Trinajstić information content (AvgIpc) is 2.87. The molecule has 0 unspecified atom stereocenters. The number of likely N-dealkylation sites (tertiary alicyclic amines) is 1. The molecular formula is C10H11NO2S. The number of rotatable bonds is 2. The van der Waals surface area contributed by atoms with Crippen molar-refractivity contribution in [3.8, 4) is 0 Å². The fraction of sp³-hybridized carbons (Fsp3) is 0.400. The van der Waals surface area contributed by atoms with Gasteiger partial charge < -0.3 is 4.90 Å². The van der Waals surface area contributed by atoms with Gasteiger partial charge in [-0.05, 0) is 24.3 Å². The summed E-state index contributed by atoms with van der Waals surface area (Å²) in [5, 5.41) is 1.81. The first-order valence-electron chi connectivity index (χ1n) is 4.66. The molecule has 1 aliphatic heterocycles. The molecule has 1 fully saturated rings. The van der Waals surface area contributed by atoms with Crippen LogP contribution in [-0.4, -0.2) is 29.7 Å². The molecule has 0 radical (unpaired) electrons. The quantitative estimate of drug-likeness (QED) is 0.547. The second-order valence-corrected chi connectivity index (χ2v) is 4.25. The third kappa shape index (κ3) is 1.70. The Kier molecular flexibility index (Phi) is 2.63. The van der Waals surface area contributed by atoms with E-state index in [4.69, 9.17) is 0 Å². The second-order valence-electron chi connectivity index (χ2n) is 3.31. The lowest BCUT2D eigenvalue weighted by Crippen LogP contribution is -2.33. The molecule has 1 saturated heterocycles. The van der Waals surface area contributed by atoms with E-state index in [0.29, 0.717) is 4.88 Å². The topological polar surface area (TPSA) is 37.4 Å². The minimum atomic E-state index is -0.359. The Morgan fingerprint density at radius 3 is 2.57 bits per heavy atom. The van der Waals surface area contributed by atoms with Gasteiger partial charge >= 0.3 is 0 Å². The number of thiophene rings is 1. The van der Waals surface area contributed by atoms with Crippen molar-refractivity contribution >= 4 is 23.0 Å². The lowest BCUT2D eigenvalue weighted by Gasteiger charge is -2.12. The van der Waals surface area contributed by atoms with Gasteiger partial charge in [-0.25, -0.2) is 0 Å². The highest BCUT2D eigenvalue weighted by molar-refractivity contribution is 7.12. The van der Waals surface area contributed by atoms with Crippen LogP contribution in [0.3, 0.4) is 0 Å². The molecule has 3 nitrogen and oxygen atoms in total. The highest BCUT2D eigenvalue weighted by Crippen LogP contribution is 2.14. The Balaban J connectivity index is 2.08. The van der Waals surface area contributed by atoms with Crippen molar-refractivity contribution in [2.75, 3.05) is 13.1 Å². The zero-order valence-corrected chi connectivity index (χ0v) is 8.55. The third-order valence-corrected chi connectivity index (χ3v) is 3.20. The van der Waals surface area contributed by atoms with Crippen molar-refractivity contribution in [3.05, 3.63) is 22.4 Å². The SMILES string of the molecule is O=C(C(=O)N1CCCC1)c1cccs1. The molecule has 0 bridgehead atoms. The van der Waals surface area contributed by atoms with Gasteiger partial charge in [-0.3, -0.25) is 9.59 Å². The smallest absolute Gasteiger partial charge is 0.295 e. The van der Waals surface area contributed by atoms with Crippen LogP contribution in [0.1, 0.15) is 22.5 Å². The number of hydrogen-bond donors (Lipinski definition) is 0. The molecule has 1 aliphatic rings. The summed E-state index contributed by atoms with van der Waals surface area (Å²) in [6, 6.07) is 3.48. The van der Waals surface area contributed by atoms with Gasteiger partial charge in [0.05, 0.1) is 4.88 Å². The molecule has 2 heterocycles. The first-order valence-corrected chi connectivity index (χ1v) is 5.54. The normalized spacial score (nSPS) is 15.9. The fourth-order valence-corrected chi connectivity index (χ4v) is 2.23. The first kappa shape index (κ1) is 9.40. The monoisotopic (exact) mass is 209 g/mol. The summed E-state index contributed by atoms with van der Waals surface area (Å²) in [4.78, 5) is 25.4. The first-order chi connectivity index (χ1) is 6.79. The summed E-state index contributed by atoms with van der Waals surface area (Å²) in [7, 11) is 0. The van der Waals surface area contributed by atoms with Crippen LogP contribution in [0.25, 0.3) is 0 Å². The average molecular weight is 209 g/mol. The molecule has 0 atom stereocenters. The van der Waals surface area contributed by atoms with Crippen LogP contribution >= 0.6 is 11.3 Å². The maximum Gasteiger partial charge on any atom is 0.295 e. The van der Waals surface area contributed by atoms with Crippen molar-refractivity contribution < 1.29 is 9.59 Å². The Hall–Kier alpha value is -1.16. The second kappa shape index (κ2) is 3.92. The Bertz CT molecular complexity index is 339. The predicted molar refractivity (Wildman–Crippen MR) is 54.5 cm³/mol. The lowest BCUT2D eigenvalue weighted by atomic mass is 10.3. The number of amides is 1. The highest BCUT2D eigenvalue weighted by atomic mass is 32.1. The zero-order chi connectivity index (χ0) is 9.97. The van der Waals surface area contributed by atoms with Crippen molar-refractivity contribution in [1.82, 2.24) is 4.90 Å². The van der Waals surface area contributed by atoms with Gasteiger partial charge in [0.15, 0.2) is 0 Å². The standard InChI is InChI=1S/C10H11NO2S/c12-9(8-4-3-7-14-8)10(13)11-5-1-2-6-11/h3-4,7H,1-2,5-6H2. The number of carbonyl (C=O) groups excluding carboxylic acids is 2. The Labute approximate surface area is 86.3 Å². The molecule has 2 rings (SSSR count). The molecular weight excluding hydrogens is 198 g/mol. The summed E-state index contributed by atoms with van der Waals surface area (Å²) in [6.45, 7) is 1.46. The number of hydrogen-bond acceptors (Lipinski definition) is 3. The molecule has 14 heavy (non-hydrogen) atoms. The number of nitrogens with zero attached hydrogens (tertiary/aromatic N) is 1. The van der Waals surface area contributed by atoms with Crippen molar-refractivity contribution in [2.45, 2.75) is 12.8 Å². The van der Waals surface area contributed by atoms with Crippen LogP contribution < -0.4 is 0 Å². The van der Waals surface area contributed by atoms with Crippen molar-refractivity contribution in [1.29, 1.82) is 0 Å². The number of ketones is 1. The maximum absolute atomic E-state index is 11.6. The maximum atomic E-state index is 11.6. The summed E-state index contributed by atoms with van der Waals surface area (Å²) < 4.78 is 0. The summed E-state index contributed by atoms with van der Waals surface area (Å²) >= 11 is 1.32. The van der Waals surface area contributed by atoms with Gasteiger partial charge in [0, 0.05) is 13.1 Å². The zero-order valence-electron chi connectivity index (χ0n) is 7.73. The van der Waals surface area contributed by atoms with Crippen molar-refractivity contribution in [3.63, 3.8) is 0 Å². The minimum Gasteiger partial charge on any atom is -0.336 e. The van der Waals surface area contributed by atoms with E-state index in [1.807, 2.05) is 5.38 Å². The van der Waals surface area contributed by atoms with Crippen LogP contribution in [-0.2, 0) is 4.79 Å². The number of carbonyl (C=O) groups is 2. The van der Waals surface area contributed by atoms with Gasteiger partial charge in [-0.1, -0.05) is 6.07 Å². The molecule has 0 spiro atoms. The molecule has 4 heteroatoms. The number of Topliss-reactive ketones (excluding diaryl/α,β-unsaturated/α-hetero) is 1. The molecule has 1 aromatic rings. The van der Waals surface area contributed by atoms with Gasteiger partial charge in [-0.15, -0.1) is 11.3 Å². The van der Waals surface area contributed by atoms with E-state index in [9.17, 15) is 9.59 Å². The molecule has 0 aromatic carbocycles. The van der Waals surface area contributed by atoms with E-state index in [-0.39, 0.29) is 11.7 Å². The molecule has 1 aromatic heterocycles. The van der Waals surface area contributed by atoms with Gasteiger partial charge in [-0.2, -0.15) is 0 Å². The molecule has 74 valence electrons. The van der Waals surface area contributed by atoms with E-state index in [2.05, 4.69) is 0 Å². The third-order valence-electron chi connectivity index (χ3n) is 2.33. The van der Waals surface area contributed by atoms with Gasteiger partial charge in [0.2, 0.25) is 0 Å². The largest absolute Gasteiger partial charge is 0.336 e. The Morgan fingerprint density at radius 1 is 1.29 bits per heavy atom. The van der Waals surface area contributed by atoms with Crippen LogP contribution in [0.15, 0.2) is 17.5 Å². The minimum absolute atomic E-state index is 0.343. The van der Waals surface area contributed by atoms with Crippen LogP contribution in [0, 0.1) is 0 Å². The summed E-state index contributed by atoms with van der Waals surface area (Å²) in [5.74, 6) is -0.702. The molecule has 0 N–H and O–H groups in total. The highest BCUT2D eigenvalue weighted by Gasteiger charge is 2.25. The Morgan fingerprint density at radius 2 is 2.00 bits per heavy atom. The van der Waals surface area contributed by atoms with Gasteiger partial charge in [0.1, 0.15) is 0 Å². The van der Waals surface area contributed by atoms with E-state index in [0.717, 1.165) is 25.9 Å². The van der Waals surface area contributed by atoms with Crippen LogP contribution in [0.2, 0.25) is 0 Å².